The van der Waals surface area contributed by atoms with Crippen LogP contribution in [0.2, 0.25) is 0 Å². The molecule has 1 heterocycles. The van der Waals surface area contributed by atoms with Gasteiger partial charge in [0.2, 0.25) is 0 Å². The lowest BCUT2D eigenvalue weighted by molar-refractivity contribution is 0.452. The molecule has 0 radical (unpaired) electrons. The van der Waals surface area contributed by atoms with Crippen molar-refractivity contribution in [3.05, 3.63) is 52.8 Å². The van der Waals surface area contributed by atoms with Crippen LogP contribution in [-0.2, 0) is 20.0 Å². The van der Waals surface area contributed by atoms with E-state index in [-0.39, 0.29) is 0 Å². The summed E-state index contributed by atoms with van der Waals surface area (Å²) in [6.07, 6.45) is 5.45. The third-order valence-electron chi connectivity index (χ3n) is 3.98. The van der Waals surface area contributed by atoms with Gasteiger partial charge in [0.05, 0.1) is 17.8 Å². The molecule has 20 heavy (non-hydrogen) atoms. The number of nitrogens with zero attached hydrogens (tertiary/aromatic N) is 3. The quantitative estimate of drug-likeness (QED) is 0.928. The first-order chi connectivity index (χ1) is 9.78. The van der Waals surface area contributed by atoms with E-state index in [2.05, 4.69) is 22.6 Å². The summed E-state index contributed by atoms with van der Waals surface area (Å²) >= 11 is 0. The molecule has 4 nitrogen and oxygen atoms in total. The lowest BCUT2D eigenvalue weighted by Crippen LogP contribution is -2.24. The van der Waals surface area contributed by atoms with Gasteiger partial charge in [-0.15, -0.1) is 0 Å². The number of nitriles is 1. The molecule has 2 aromatic rings. The highest BCUT2D eigenvalue weighted by molar-refractivity contribution is 5.33. The predicted molar refractivity (Wildman–Crippen MR) is 76.9 cm³/mol. The number of nitrogens with one attached hydrogen (secondary N) is 1. The number of hydrogen-bond donors (Lipinski definition) is 1. The Morgan fingerprint density at radius 3 is 3.25 bits per heavy atom. The normalized spacial score (nSPS) is 17.5. The molecule has 0 aliphatic heterocycles. The Morgan fingerprint density at radius 1 is 1.50 bits per heavy atom. The van der Waals surface area contributed by atoms with Gasteiger partial charge in [-0.2, -0.15) is 10.4 Å². The predicted octanol–water partition coefficient (Wildman–Crippen LogP) is 2.46. The standard InChI is InChI=1S/C16H18N4/c1-20-16-7-3-6-15(14(16)11-19-20)18-10-13-5-2-4-12(8-13)9-17/h2,4-5,8,11,15,18H,3,6-7,10H2,1H3. The van der Waals surface area contributed by atoms with Crippen molar-refractivity contribution < 1.29 is 0 Å². The van der Waals surface area contributed by atoms with Crippen LogP contribution in [0.1, 0.15) is 41.3 Å². The van der Waals surface area contributed by atoms with Gasteiger partial charge >= 0.3 is 0 Å². The molecule has 1 atom stereocenters. The molecule has 1 aromatic carbocycles. The Bertz CT molecular complexity index is 651. The molecule has 0 fully saturated rings. The van der Waals surface area contributed by atoms with E-state index in [9.17, 15) is 0 Å². The molecule has 1 unspecified atom stereocenters. The third kappa shape index (κ3) is 2.45. The topological polar surface area (TPSA) is 53.6 Å². The van der Waals surface area contributed by atoms with Crippen LogP contribution in [0.3, 0.4) is 0 Å². The van der Waals surface area contributed by atoms with Crippen molar-refractivity contribution in [1.29, 1.82) is 5.26 Å². The molecule has 1 N–H and O–H groups in total. The fourth-order valence-electron chi connectivity index (χ4n) is 2.91. The smallest absolute Gasteiger partial charge is 0.0991 e. The highest BCUT2D eigenvalue weighted by Gasteiger charge is 2.22. The van der Waals surface area contributed by atoms with Gasteiger partial charge in [0.25, 0.3) is 0 Å². The van der Waals surface area contributed by atoms with Crippen LogP contribution in [0, 0.1) is 11.3 Å². The highest BCUT2D eigenvalue weighted by Crippen LogP contribution is 2.29. The largest absolute Gasteiger partial charge is 0.306 e. The summed E-state index contributed by atoms with van der Waals surface area (Å²) in [5, 5.41) is 16.9. The van der Waals surface area contributed by atoms with E-state index < -0.39 is 0 Å². The Kier molecular flexibility index (Phi) is 3.53. The zero-order valence-corrected chi connectivity index (χ0v) is 11.6. The molecule has 0 bridgehead atoms. The molecule has 3 rings (SSSR count). The van der Waals surface area contributed by atoms with Crippen molar-refractivity contribution in [1.82, 2.24) is 15.1 Å². The van der Waals surface area contributed by atoms with E-state index in [4.69, 9.17) is 5.26 Å². The summed E-state index contributed by atoms with van der Waals surface area (Å²) in [6.45, 7) is 0.786. The van der Waals surface area contributed by atoms with Crippen LogP contribution >= 0.6 is 0 Å². The van der Waals surface area contributed by atoms with Gasteiger partial charge in [-0.05, 0) is 37.0 Å². The monoisotopic (exact) mass is 266 g/mol. The summed E-state index contributed by atoms with van der Waals surface area (Å²) in [4.78, 5) is 0. The number of rotatable bonds is 3. The zero-order valence-electron chi connectivity index (χ0n) is 11.6. The molecule has 0 amide bonds. The van der Waals surface area contributed by atoms with Crippen molar-refractivity contribution >= 4 is 0 Å². The average molecular weight is 266 g/mol. The van der Waals surface area contributed by atoms with Crippen LogP contribution in [0.4, 0.5) is 0 Å². The van der Waals surface area contributed by atoms with E-state index in [1.165, 1.54) is 17.7 Å². The molecule has 0 saturated carbocycles. The number of fused-ring (bicyclic) bond motifs is 1. The molecular formula is C16H18N4. The highest BCUT2D eigenvalue weighted by atomic mass is 15.3. The molecule has 1 aliphatic carbocycles. The van der Waals surface area contributed by atoms with E-state index in [1.54, 1.807) is 0 Å². The van der Waals surface area contributed by atoms with Gasteiger partial charge in [0.1, 0.15) is 0 Å². The maximum absolute atomic E-state index is 8.93. The Morgan fingerprint density at radius 2 is 2.40 bits per heavy atom. The molecule has 0 saturated heterocycles. The van der Waals surface area contributed by atoms with Gasteiger partial charge in [-0.1, -0.05) is 12.1 Å². The van der Waals surface area contributed by atoms with Crippen LogP contribution in [0.5, 0.6) is 0 Å². The minimum atomic E-state index is 0.373. The van der Waals surface area contributed by atoms with E-state index in [1.807, 2.05) is 36.1 Å². The van der Waals surface area contributed by atoms with Crippen LogP contribution in [0.15, 0.2) is 30.5 Å². The molecular weight excluding hydrogens is 248 g/mol. The Balaban J connectivity index is 1.72. The van der Waals surface area contributed by atoms with E-state index in [0.29, 0.717) is 6.04 Å². The lowest BCUT2D eigenvalue weighted by atomic mass is 9.93. The maximum Gasteiger partial charge on any atom is 0.0991 e. The third-order valence-corrected chi connectivity index (χ3v) is 3.98. The molecule has 102 valence electrons. The first kappa shape index (κ1) is 12.9. The maximum atomic E-state index is 8.93. The van der Waals surface area contributed by atoms with Crippen LogP contribution in [0.25, 0.3) is 0 Å². The summed E-state index contributed by atoms with van der Waals surface area (Å²) in [6, 6.07) is 10.3. The summed E-state index contributed by atoms with van der Waals surface area (Å²) in [7, 11) is 2.01. The van der Waals surface area contributed by atoms with Crippen molar-refractivity contribution in [2.75, 3.05) is 0 Å². The van der Waals surface area contributed by atoms with Crippen molar-refractivity contribution in [2.45, 2.75) is 31.8 Å². The zero-order chi connectivity index (χ0) is 13.9. The summed E-state index contributed by atoms with van der Waals surface area (Å²) in [5.41, 5.74) is 4.55. The van der Waals surface area contributed by atoms with Gasteiger partial charge in [-0.25, -0.2) is 0 Å². The van der Waals surface area contributed by atoms with Crippen molar-refractivity contribution in [3.63, 3.8) is 0 Å². The van der Waals surface area contributed by atoms with E-state index >= 15 is 0 Å². The van der Waals surface area contributed by atoms with Crippen LogP contribution in [-0.4, -0.2) is 9.78 Å². The average Bonchev–Trinajstić information content (AvgIpc) is 2.88. The number of hydrogen-bond acceptors (Lipinski definition) is 3. The van der Waals surface area contributed by atoms with Crippen molar-refractivity contribution in [2.24, 2.45) is 7.05 Å². The molecule has 0 spiro atoms. The summed E-state index contributed by atoms with van der Waals surface area (Å²) < 4.78 is 1.99. The second kappa shape index (κ2) is 5.48. The number of aromatic nitrogens is 2. The second-order valence-electron chi connectivity index (χ2n) is 5.31. The molecule has 1 aliphatic rings. The lowest BCUT2D eigenvalue weighted by Gasteiger charge is -2.24. The SMILES string of the molecule is Cn1ncc2c1CCCC2NCc1cccc(C#N)c1. The fourth-order valence-corrected chi connectivity index (χ4v) is 2.91. The second-order valence-corrected chi connectivity index (χ2v) is 5.31. The van der Waals surface area contributed by atoms with Gasteiger partial charge in [0.15, 0.2) is 0 Å². The summed E-state index contributed by atoms with van der Waals surface area (Å²) in [5.74, 6) is 0. The first-order valence-electron chi connectivity index (χ1n) is 7.01. The van der Waals surface area contributed by atoms with E-state index in [0.717, 1.165) is 30.5 Å². The minimum Gasteiger partial charge on any atom is -0.306 e. The Labute approximate surface area is 119 Å². The van der Waals surface area contributed by atoms with Gasteiger partial charge in [0, 0.05) is 30.9 Å². The molecule has 1 aromatic heterocycles. The van der Waals surface area contributed by atoms with Gasteiger partial charge in [-0.3, -0.25) is 4.68 Å². The Hall–Kier alpha value is -2.12. The first-order valence-corrected chi connectivity index (χ1v) is 7.01. The van der Waals surface area contributed by atoms with Crippen molar-refractivity contribution in [3.8, 4) is 6.07 Å². The van der Waals surface area contributed by atoms with Gasteiger partial charge < -0.3 is 5.32 Å². The fraction of sp³-hybridized carbons (Fsp3) is 0.375. The molecule has 4 heteroatoms. The minimum absolute atomic E-state index is 0.373. The number of benzene rings is 1. The van der Waals surface area contributed by atoms with Crippen LogP contribution < -0.4 is 5.32 Å². The number of aryl methyl sites for hydroxylation is 1.